The molecule has 0 spiro atoms. The Labute approximate surface area is 137 Å². The molecule has 1 atom stereocenters. The highest BCUT2D eigenvalue weighted by atomic mass is 79.9. The number of primary amides is 1. The largest absolute Gasteiger partial charge is 0.351 e. The molecule has 4 N–H and O–H groups in total. The molecule has 114 valence electrons. The van der Waals surface area contributed by atoms with Gasteiger partial charge in [-0.3, -0.25) is 4.79 Å². The van der Waals surface area contributed by atoms with Crippen LogP contribution in [0.25, 0.3) is 0 Å². The Hall–Kier alpha value is -2.34. The van der Waals surface area contributed by atoms with Gasteiger partial charge in [0.05, 0.1) is 6.04 Å². The molecule has 0 radical (unpaired) electrons. The van der Waals surface area contributed by atoms with Crippen LogP contribution in [0, 0.1) is 0 Å². The topological polar surface area (TPSA) is 84.2 Å². The first kappa shape index (κ1) is 16.0. The summed E-state index contributed by atoms with van der Waals surface area (Å²) in [4.78, 5) is 23.1. The monoisotopic (exact) mass is 361 g/mol. The fraction of sp³-hybridized carbons (Fsp3) is 0.125. The molecule has 0 fully saturated rings. The number of halogens is 1. The van der Waals surface area contributed by atoms with Crippen LogP contribution in [-0.4, -0.2) is 11.9 Å². The second-order valence-electron chi connectivity index (χ2n) is 4.82. The molecule has 0 aliphatic heterocycles. The summed E-state index contributed by atoms with van der Waals surface area (Å²) in [5, 5.41) is 5.36. The summed E-state index contributed by atoms with van der Waals surface area (Å²) in [6.07, 6.45) is 0. The van der Waals surface area contributed by atoms with Gasteiger partial charge in [0.1, 0.15) is 0 Å². The van der Waals surface area contributed by atoms with Crippen molar-refractivity contribution in [3.05, 3.63) is 64.1 Å². The number of hydrogen-bond donors (Lipinski definition) is 3. The van der Waals surface area contributed by atoms with E-state index in [1.807, 2.05) is 31.2 Å². The SMILES string of the molecule is CC(NC(=O)c1cccc(NC(N)=O)c1)c1cccc(Br)c1. The number of nitrogens with two attached hydrogens (primary N) is 1. The summed E-state index contributed by atoms with van der Waals surface area (Å²) in [6, 6.07) is 13.5. The second kappa shape index (κ2) is 7.09. The Morgan fingerprint density at radius 1 is 1.14 bits per heavy atom. The van der Waals surface area contributed by atoms with E-state index in [0.29, 0.717) is 11.3 Å². The lowest BCUT2D eigenvalue weighted by Crippen LogP contribution is -2.27. The normalized spacial score (nSPS) is 11.5. The van der Waals surface area contributed by atoms with E-state index in [0.717, 1.165) is 10.0 Å². The molecule has 1 unspecified atom stereocenters. The molecule has 5 nitrogen and oxygen atoms in total. The third kappa shape index (κ3) is 4.33. The van der Waals surface area contributed by atoms with Crippen LogP contribution in [0.2, 0.25) is 0 Å². The number of urea groups is 1. The van der Waals surface area contributed by atoms with E-state index in [9.17, 15) is 9.59 Å². The molecule has 6 heteroatoms. The van der Waals surface area contributed by atoms with Gasteiger partial charge in [0.15, 0.2) is 0 Å². The standard InChI is InChI=1S/C16H16BrN3O2/c1-10(11-4-2-6-13(17)8-11)19-15(21)12-5-3-7-14(9-12)20-16(18)22/h2-10H,1H3,(H,19,21)(H3,18,20,22). The van der Waals surface area contributed by atoms with Gasteiger partial charge in [0.25, 0.3) is 5.91 Å². The van der Waals surface area contributed by atoms with E-state index >= 15 is 0 Å². The highest BCUT2D eigenvalue weighted by molar-refractivity contribution is 9.10. The van der Waals surface area contributed by atoms with Gasteiger partial charge < -0.3 is 16.4 Å². The number of benzene rings is 2. The Kier molecular flexibility index (Phi) is 5.16. The summed E-state index contributed by atoms with van der Waals surface area (Å²) >= 11 is 3.41. The van der Waals surface area contributed by atoms with E-state index in [4.69, 9.17) is 5.73 Å². The maximum Gasteiger partial charge on any atom is 0.316 e. The van der Waals surface area contributed by atoms with Gasteiger partial charge >= 0.3 is 6.03 Å². The van der Waals surface area contributed by atoms with Crippen molar-refractivity contribution >= 4 is 33.6 Å². The molecule has 0 heterocycles. The Morgan fingerprint density at radius 2 is 1.86 bits per heavy atom. The molecule has 3 amide bonds. The lowest BCUT2D eigenvalue weighted by atomic mass is 10.1. The van der Waals surface area contributed by atoms with Crippen molar-refractivity contribution < 1.29 is 9.59 Å². The van der Waals surface area contributed by atoms with Gasteiger partial charge in [-0.2, -0.15) is 0 Å². The fourth-order valence-electron chi connectivity index (χ4n) is 2.02. The number of hydrogen-bond acceptors (Lipinski definition) is 2. The van der Waals surface area contributed by atoms with E-state index in [2.05, 4.69) is 26.6 Å². The summed E-state index contributed by atoms with van der Waals surface area (Å²) in [5.74, 6) is -0.222. The summed E-state index contributed by atoms with van der Waals surface area (Å²) < 4.78 is 0.957. The van der Waals surface area contributed by atoms with Gasteiger partial charge in [0.2, 0.25) is 0 Å². The number of anilines is 1. The minimum atomic E-state index is -0.667. The lowest BCUT2D eigenvalue weighted by Gasteiger charge is -2.15. The molecule has 0 aliphatic rings. The average Bonchev–Trinajstić information content (AvgIpc) is 2.46. The first-order chi connectivity index (χ1) is 10.5. The second-order valence-corrected chi connectivity index (χ2v) is 5.74. The van der Waals surface area contributed by atoms with Gasteiger partial charge in [0, 0.05) is 15.7 Å². The van der Waals surface area contributed by atoms with Gasteiger partial charge in [-0.1, -0.05) is 34.1 Å². The Balaban J connectivity index is 2.10. The van der Waals surface area contributed by atoms with E-state index in [1.54, 1.807) is 24.3 Å². The van der Waals surface area contributed by atoms with Crippen LogP contribution in [0.5, 0.6) is 0 Å². The molecule has 0 saturated heterocycles. The van der Waals surface area contributed by atoms with Crippen molar-refractivity contribution in [2.75, 3.05) is 5.32 Å². The highest BCUT2D eigenvalue weighted by Gasteiger charge is 2.12. The molecular formula is C16H16BrN3O2. The van der Waals surface area contributed by atoms with Crippen LogP contribution >= 0.6 is 15.9 Å². The van der Waals surface area contributed by atoms with Gasteiger partial charge in [-0.05, 0) is 42.8 Å². The zero-order valence-electron chi connectivity index (χ0n) is 12.0. The van der Waals surface area contributed by atoms with Gasteiger partial charge in [-0.25, -0.2) is 4.79 Å². The van der Waals surface area contributed by atoms with Crippen LogP contribution < -0.4 is 16.4 Å². The van der Waals surface area contributed by atoms with Crippen LogP contribution in [0.15, 0.2) is 53.0 Å². The third-order valence-electron chi connectivity index (χ3n) is 3.09. The molecule has 22 heavy (non-hydrogen) atoms. The quantitative estimate of drug-likeness (QED) is 0.779. The maximum absolute atomic E-state index is 12.3. The van der Waals surface area contributed by atoms with Crippen LogP contribution in [-0.2, 0) is 0 Å². The first-order valence-electron chi connectivity index (χ1n) is 6.68. The predicted octanol–water partition coefficient (Wildman–Crippen LogP) is 3.43. The van der Waals surface area contributed by atoms with Gasteiger partial charge in [-0.15, -0.1) is 0 Å². The summed E-state index contributed by atoms with van der Waals surface area (Å²) in [7, 11) is 0. The minimum Gasteiger partial charge on any atom is -0.351 e. The van der Waals surface area contributed by atoms with E-state index in [-0.39, 0.29) is 11.9 Å². The van der Waals surface area contributed by atoms with Crippen molar-refractivity contribution in [2.45, 2.75) is 13.0 Å². The zero-order chi connectivity index (χ0) is 16.1. The average molecular weight is 362 g/mol. The Morgan fingerprint density at radius 3 is 2.55 bits per heavy atom. The third-order valence-corrected chi connectivity index (χ3v) is 3.58. The van der Waals surface area contributed by atoms with Crippen LogP contribution in [0.4, 0.5) is 10.5 Å². The van der Waals surface area contributed by atoms with Crippen molar-refractivity contribution in [2.24, 2.45) is 5.73 Å². The molecule has 2 aromatic rings. The fourth-order valence-corrected chi connectivity index (χ4v) is 2.44. The summed E-state index contributed by atoms with van der Waals surface area (Å²) in [5.41, 5.74) is 6.99. The Bertz CT molecular complexity index is 703. The summed E-state index contributed by atoms with van der Waals surface area (Å²) in [6.45, 7) is 1.91. The molecule has 0 aromatic heterocycles. The first-order valence-corrected chi connectivity index (χ1v) is 7.48. The lowest BCUT2D eigenvalue weighted by molar-refractivity contribution is 0.0940. The number of rotatable bonds is 4. The molecule has 0 aliphatic carbocycles. The van der Waals surface area contributed by atoms with Crippen LogP contribution in [0.3, 0.4) is 0 Å². The molecule has 0 bridgehead atoms. The van der Waals surface area contributed by atoms with Crippen molar-refractivity contribution in [1.29, 1.82) is 0 Å². The number of carbonyl (C=O) groups is 2. The number of carbonyl (C=O) groups excluding carboxylic acids is 2. The van der Waals surface area contributed by atoms with Crippen LogP contribution in [0.1, 0.15) is 28.9 Å². The van der Waals surface area contributed by atoms with Crippen molar-refractivity contribution in [3.8, 4) is 0 Å². The molecule has 2 aromatic carbocycles. The zero-order valence-corrected chi connectivity index (χ0v) is 13.6. The predicted molar refractivity (Wildman–Crippen MR) is 89.7 cm³/mol. The molecule has 0 saturated carbocycles. The van der Waals surface area contributed by atoms with E-state index < -0.39 is 6.03 Å². The molecular weight excluding hydrogens is 346 g/mol. The highest BCUT2D eigenvalue weighted by Crippen LogP contribution is 2.19. The minimum absolute atomic E-state index is 0.141. The van der Waals surface area contributed by atoms with Crippen molar-refractivity contribution in [1.82, 2.24) is 5.32 Å². The number of nitrogens with one attached hydrogen (secondary N) is 2. The molecule has 2 rings (SSSR count). The smallest absolute Gasteiger partial charge is 0.316 e. The number of amides is 3. The van der Waals surface area contributed by atoms with Crippen molar-refractivity contribution in [3.63, 3.8) is 0 Å². The van der Waals surface area contributed by atoms with E-state index in [1.165, 1.54) is 0 Å². The maximum atomic E-state index is 12.3.